The van der Waals surface area contributed by atoms with Crippen molar-refractivity contribution in [1.29, 1.82) is 0 Å². The summed E-state index contributed by atoms with van der Waals surface area (Å²) < 4.78 is 18.7. The summed E-state index contributed by atoms with van der Waals surface area (Å²) in [6.07, 6.45) is 2.66. The molecule has 0 aliphatic heterocycles. The number of rotatable bonds is 3. The van der Waals surface area contributed by atoms with Gasteiger partial charge in [-0.1, -0.05) is 6.92 Å². The Labute approximate surface area is 100 Å². The Morgan fingerprint density at radius 3 is 2.82 bits per heavy atom. The Hall–Kier alpha value is -1.48. The quantitative estimate of drug-likeness (QED) is 0.807. The molecule has 1 atom stereocenters. The Kier molecular flexibility index (Phi) is 3.38. The van der Waals surface area contributed by atoms with Gasteiger partial charge in [0.2, 0.25) is 0 Å². The summed E-state index contributed by atoms with van der Waals surface area (Å²) in [5.74, 6) is -0.239. The molecule has 0 spiro atoms. The Balaban J connectivity index is 2.76. The third-order valence-corrected chi connectivity index (χ3v) is 3.10. The second kappa shape index (κ2) is 4.80. The molecule has 0 N–H and O–H groups in total. The summed E-state index contributed by atoms with van der Waals surface area (Å²) in [6.45, 7) is 4.03. The molecule has 1 aromatic heterocycles. The van der Waals surface area contributed by atoms with Crippen LogP contribution in [0.15, 0.2) is 24.4 Å². The maximum absolute atomic E-state index is 13.4. The molecule has 1 unspecified atom stereocenters. The van der Waals surface area contributed by atoms with Crippen molar-refractivity contribution < 1.29 is 9.13 Å². The van der Waals surface area contributed by atoms with Gasteiger partial charge in [-0.2, -0.15) is 0 Å². The molecule has 90 valence electrons. The van der Waals surface area contributed by atoms with Crippen molar-refractivity contribution in [1.82, 2.24) is 4.98 Å². The third kappa shape index (κ3) is 2.15. The van der Waals surface area contributed by atoms with Crippen LogP contribution >= 0.6 is 0 Å². The van der Waals surface area contributed by atoms with Crippen LogP contribution in [0.2, 0.25) is 0 Å². The number of halogens is 1. The lowest BCUT2D eigenvalue weighted by Crippen LogP contribution is -2.03. The third-order valence-electron chi connectivity index (χ3n) is 3.10. The number of aryl methyl sites for hydroxylation is 1. The molecule has 0 aliphatic rings. The fourth-order valence-electron chi connectivity index (χ4n) is 2.11. The largest absolute Gasteiger partial charge is 0.377 e. The van der Waals surface area contributed by atoms with Crippen LogP contribution in [0, 0.1) is 5.82 Å². The molecule has 0 radical (unpaired) electrons. The minimum Gasteiger partial charge on any atom is -0.377 e. The highest BCUT2D eigenvalue weighted by Gasteiger charge is 2.14. The normalized spacial score (nSPS) is 12.9. The van der Waals surface area contributed by atoms with Crippen LogP contribution in [-0.4, -0.2) is 12.1 Å². The molecule has 0 bridgehead atoms. The van der Waals surface area contributed by atoms with Gasteiger partial charge in [0.25, 0.3) is 0 Å². The van der Waals surface area contributed by atoms with Gasteiger partial charge in [-0.15, -0.1) is 0 Å². The summed E-state index contributed by atoms with van der Waals surface area (Å²) >= 11 is 0. The molecule has 2 rings (SSSR count). The number of benzene rings is 1. The molecular formula is C14H16FNO. The fourth-order valence-corrected chi connectivity index (χ4v) is 2.11. The van der Waals surface area contributed by atoms with Crippen molar-refractivity contribution in [3.8, 4) is 0 Å². The minimum atomic E-state index is -0.239. The van der Waals surface area contributed by atoms with E-state index in [0.717, 1.165) is 28.5 Å². The molecule has 0 amide bonds. The van der Waals surface area contributed by atoms with Gasteiger partial charge in [-0.25, -0.2) is 4.39 Å². The van der Waals surface area contributed by atoms with E-state index >= 15 is 0 Å². The average molecular weight is 233 g/mol. The van der Waals surface area contributed by atoms with Crippen LogP contribution in [0.3, 0.4) is 0 Å². The molecule has 2 nitrogen and oxygen atoms in total. The van der Waals surface area contributed by atoms with Gasteiger partial charge in [0.1, 0.15) is 5.82 Å². The monoisotopic (exact) mass is 233 g/mol. The maximum Gasteiger partial charge on any atom is 0.123 e. The smallest absolute Gasteiger partial charge is 0.123 e. The lowest BCUT2D eigenvalue weighted by Gasteiger charge is -2.16. The predicted molar refractivity (Wildman–Crippen MR) is 66.5 cm³/mol. The van der Waals surface area contributed by atoms with E-state index in [1.54, 1.807) is 13.2 Å². The van der Waals surface area contributed by atoms with E-state index < -0.39 is 0 Å². The number of hydrogen-bond acceptors (Lipinski definition) is 2. The maximum atomic E-state index is 13.4. The molecule has 3 heteroatoms. The second-order valence-electron chi connectivity index (χ2n) is 4.09. The zero-order valence-electron chi connectivity index (χ0n) is 10.3. The van der Waals surface area contributed by atoms with Crippen LogP contribution in [0.25, 0.3) is 10.9 Å². The molecule has 1 aromatic carbocycles. The molecule has 0 saturated heterocycles. The van der Waals surface area contributed by atoms with Crippen molar-refractivity contribution in [2.45, 2.75) is 26.4 Å². The van der Waals surface area contributed by atoms with Gasteiger partial charge < -0.3 is 4.74 Å². The second-order valence-corrected chi connectivity index (χ2v) is 4.09. The summed E-state index contributed by atoms with van der Waals surface area (Å²) in [6, 6.07) is 4.67. The number of ether oxygens (including phenoxy) is 1. The predicted octanol–water partition coefficient (Wildman–Crippen LogP) is 3.64. The van der Waals surface area contributed by atoms with Crippen LogP contribution < -0.4 is 0 Å². The first-order valence-corrected chi connectivity index (χ1v) is 5.77. The topological polar surface area (TPSA) is 22.1 Å². The number of nitrogens with zero attached hydrogens (tertiary/aromatic N) is 1. The standard InChI is InChI=1S/C14H16FNO/c1-4-10-8-16-13-6-5-11(15)7-12(13)14(10)9(2)17-3/h5-9H,4H2,1-3H3. The van der Waals surface area contributed by atoms with E-state index in [1.165, 1.54) is 12.1 Å². The van der Waals surface area contributed by atoms with Gasteiger partial charge >= 0.3 is 0 Å². The summed E-state index contributed by atoms with van der Waals surface area (Å²) in [5, 5.41) is 0.846. The van der Waals surface area contributed by atoms with Crippen LogP contribution in [0.4, 0.5) is 4.39 Å². The van der Waals surface area contributed by atoms with Gasteiger partial charge in [0.15, 0.2) is 0 Å². The number of hydrogen-bond donors (Lipinski definition) is 0. The highest BCUT2D eigenvalue weighted by Crippen LogP contribution is 2.29. The van der Waals surface area contributed by atoms with Crippen LogP contribution in [0.1, 0.15) is 31.1 Å². The summed E-state index contributed by atoms with van der Waals surface area (Å²) in [4.78, 5) is 4.35. The van der Waals surface area contributed by atoms with Gasteiger partial charge in [0, 0.05) is 18.7 Å². The van der Waals surface area contributed by atoms with E-state index in [-0.39, 0.29) is 11.9 Å². The van der Waals surface area contributed by atoms with Crippen molar-refractivity contribution >= 4 is 10.9 Å². The molecular weight excluding hydrogens is 217 g/mol. The van der Waals surface area contributed by atoms with E-state index in [4.69, 9.17) is 4.74 Å². The Morgan fingerprint density at radius 1 is 1.41 bits per heavy atom. The lowest BCUT2D eigenvalue weighted by atomic mass is 9.98. The average Bonchev–Trinajstić information content (AvgIpc) is 2.36. The van der Waals surface area contributed by atoms with E-state index in [9.17, 15) is 4.39 Å². The number of methoxy groups -OCH3 is 1. The lowest BCUT2D eigenvalue weighted by molar-refractivity contribution is 0.120. The molecule has 0 fully saturated rings. The van der Waals surface area contributed by atoms with Crippen molar-refractivity contribution in [2.75, 3.05) is 7.11 Å². The molecule has 0 saturated carbocycles. The molecule has 0 aliphatic carbocycles. The van der Waals surface area contributed by atoms with Crippen molar-refractivity contribution in [3.63, 3.8) is 0 Å². The Morgan fingerprint density at radius 2 is 2.18 bits per heavy atom. The highest BCUT2D eigenvalue weighted by atomic mass is 19.1. The van der Waals surface area contributed by atoms with E-state index in [2.05, 4.69) is 11.9 Å². The van der Waals surface area contributed by atoms with E-state index in [1.807, 2.05) is 13.1 Å². The number of aromatic nitrogens is 1. The SMILES string of the molecule is CCc1cnc2ccc(F)cc2c1C(C)OC. The zero-order chi connectivity index (χ0) is 12.4. The molecule has 2 aromatic rings. The first-order valence-electron chi connectivity index (χ1n) is 5.77. The van der Waals surface area contributed by atoms with Gasteiger partial charge in [-0.3, -0.25) is 4.98 Å². The van der Waals surface area contributed by atoms with Crippen molar-refractivity contribution in [2.24, 2.45) is 0 Å². The Bertz CT molecular complexity index is 539. The fraction of sp³-hybridized carbons (Fsp3) is 0.357. The van der Waals surface area contributed by atoms with E-state index in [0.29, 0.717) is 0 Å². The van der Waals surface area contributed by atoms with Gasteiger partial charge in [0.05, 0.1) is 11.6 Å². The van der Waals surface area contributed by atoms with Crippen LogP contribution in [-0.2, 0) is 11.2 Å². The highest BCUT2D eigenvalue weighted by molar-refractivity contribution is 5.83. The first-order chi connectivity index (χ1) is 8.17. The van der Waals surface area contributed by atoms with Crippen LogP contribution in [0.5, 0.6) is 0 Å². The first kappa shape index (κ1) is 12.0. The van der Waals surface area contributed by atoms with Crippen molar-refractivity contribution in [3.05, 3.63) is 41.3 Å². The molecule has 1 heterocycles. The zero-order valence-corrected chi connectivity index (χ0v) is 10.3. The minimum absolute atomic E-state index is 0.0581. The summed E-state index contributed by atoms with van der Waals surface area (Å²) in [7, 11) is 1.66. The summed E-state index contributed by atoms with van der Waals surface area (Å²) in [5.41, 5.74) is 2.96. The van der Waals surface area contributed by atoms with Gasteiger partial charge in [-0.05, 0) is 42.7 Å². The number of pyridine rings is 1. The molecule has 17 heavy (non-hydrogen) atoms. The number of fused-ring (bicyclic) bond motifs is 1.